The molecule has 5 N–H and O–H groups in total. The maximum atomic E-state index is 13.8. The molecular formula is C9H5F18NO6S2. The fourth-order valence-corrected chi connectivity index (χ4v) is 3.78. The second-order valence-electron chi connectivity index (χ2n) is 6.00. The van der Waals surface area contributed by atoms with Crippen molar-refractivity contribution >= 4 is 20.2 Å². The molecular weight excluding hydrogens is 624 g/mol. The third-order valence-corrected chi connectivity index (χ3v) is 6.86. The number of hydrogen-bond acceptors (Lipinski definition) is 5. The standard InChI is InChI=1S/C9H2F18O6S2.H3N/c10-1(11,2(12,13)4(16,17)6(20,21)8(24,25)26)3(14,15)5(18,19)7(22,23)9(27,34(28,29)30)35(31,32)33;/h(H,28,29,30)(H,31,32,33);1H3. The topological polar surface area (TPSA) is 144 Å². The van der Waals surface area contributed by atoms with E-state index in [1.807, 2.05) is 0 Å². The highest BCUT2D eigenvalue weighted by Gasteiger charge is 2.98. The molecule has 36 heavy (non-hydrogen) atoms. The molecule has 27 heteroatoms. The smallest absolute Gasteiger partial charge is 0.344 e. The predicted octanol–water partition coefficient (Wildman–Crippen LogP) is 4.56. The van der Waals surface area contributed by atoms with Crippen molar-refractivity contribution < 1.29 is 105 Å². The first-order valence-electron chi connectivity index (χ1n) is 6.84. The van der Waals surface area contributed by atoms with Crippen LogP contribution in [0.3, 0.4) is 0 Å². The minimum absolute atomic E-state index is 0. The highest BCUT2D eigenvalue weighted by atomic mass is 32.3. The molecule has 0 aromatic heterocycles. The Hall–Kier alpha value is -1.48. The Morgan fingerprint density at radius 2 is 0.528 bits per heavy atom. The summed E-state index contributed by atoms with van der Waals surface area (Å²) in [4.78, 5) is 0. The molecule has 0 saturated carbocycles. The second-order valence-corrected chi connectivity index (χ2v) is 9.29. The summed E-state index contributed by atoms with van der Waals surface area (Å²) in [6, 6.07) is 0. The Morgan fingerprint density at radius 3 is 0.694 bits per heavy atom. The van der Waals surface area contributed by atoms with E-state index in [2.05, 4.69) is 0 Å². The first-order valence-corrected chi connectivity index (χ1v) is 9.72. The summed E-state index contributed by atoms with van der Waals surface area (Å²) in [7, 11) is -16.6. The van der Waals surface area contributed by atoms with Gasteiger partial charge in [0.2, 0.25) is 0 Å². The molecule has 0 atom stereocenters. The Bertz CT molecular complexity index is 1020. The van der Waals surface area contributed by atoms with Crippen LogP contribution in [0.1, 0.15) is 0 Å². The van der Waals surface area contributed by atoms with Crippen molar-refractivity contribution in [1.29, 1.82) is 0 Å². The molecule has 0 aromatic carbocycles. The first-order chi connectivity index (χ1) is 14.5. The molecule has 0 heterocycles. The van der Waals surface area contributed by atoms with Gasteiger partial charge in [0.05, 0.1) is 0 Å². The Balaban J connectivity index is 0. The van der Waals surface area contributed by atoms with E-state index in [1.165, 1.54) is 0 Å². The zero-order chi connectivity index (χ0) is 29.5. The normalized spacial score (nSPS) is 16.6. The molecule has 0 rings (SSSR count). The molecule has 0 spiro atoms. The largest absolute Gasteiger partial charge is 0.460 e. The van der Waals surface area contributed by atoms with E-state index in [0.717, 1.165) is 0 Å². The van der Waals surface area contributed by atoms with E-state index in [-0.39, 0.29) is 6.15 Å². The van der Waals surface area contributed by atoms with Crippen molar-refractivity contribution in [1.82, 2.24) is 6.15 Å². The number of halogens is 18. The molecule has 220 valence electrons. The van der Waals surface area contributed by atoms with Gasteiger partial charge in [-0.2, -0.15) is 95.9 Å². The minimum atomic E-state index is -9.29. The van der Waals surface area contributed by atoms with Crippen LogP contribution in [0.5, 0.6) is 0 Å². The molecule has 0 bridgehead atoms. The summed E-state index contributed by atoms with van der Waals surface area (Å²) in [6.45, 7) is 0. The maximum Gasteiger partial charge on any atom is 0.460 e. The molecule has 0 aliphatic carbocycles. The summed E-state index contributed by atoms with van der Waals surface area (Å²) in [6.07, 6.45) is -8.05. The quantitative estimate of drug-likeness (QED) is 0.251. The summed E-state index contributed by atoms with van der Waals surface area (Å²) < 4.78 is 285. The van der Waals surface area contributed by atoms with Gasteiger partial charge in [0.1, 0.15) is 0 Å². The van der Waals surface area contributed by atoms with Crippen LogP contribution >= 0.6 is 0 Å². The van der Waals surface area contributed by atoms with E-state index < -0.39 is 72.2 Å². The molecule has 0 aliphatic heterocycles. The van der Waals surface area contributed by atoms with Crippen LogP contribution < -0.4 is 6.15 Å². The lowest BCUT2D eigenvalue weighted by atomic mass is 9.89. The van der Waals surface area contributed by atoms with Gasteiger partial charge in [-0.15, -0.1) is 0 Å². The summed E-state index contributed by atoms with van der Waals surface area (Å²) in [5.41, 5.74) is 0. The van der Waals surface area contributed by atoms with Gasteiger partial charge >= 0.3 is 72.2 Å². The molecule has 0 unspecified atom stereocenters. The third-order valence-electron chi connectivity index (χ3n) is 3.76. The minimum Gasteiger partial charge on any atom is -0.344 e. The average molecular weight is 629 g/mol. The van der Waals surface area contributed by atoms with Gasteiger partial charge in [-0.05, 0) is 0 Å². The fraction of sp³-hybridized carbons (Fsp3) is 1.00. The lowest BCUT2D eigenvalue weighted by Gasteiger charge is -2.43. The number of alkyl halides is 18. The monoisotopic (exact) mass is 629 g/mol. The summed E-state index contributed by atoms with van der Waals surface area (Å²) >= 11 is 0. The van der Waals surface area contributed by atoms with Crippen LogP contribution in [-0.2, 0) is 20.2 Å². The van der Waals surface area contributed by atoms with Gasteiger partial charge in [-0.25, -0.2) is 0 Å². The van der Waals surface area contributed by atoms with E-state index in [9.17, 15) is 95.9 Å². The maximum absolute atomic E-state index is 13.8. The van der Waals surface area contributed by atoms with E-state index in [0.29, 0.717) is 0 Å². The van der Waals surface area contributed by atoms with Gasteiger partial charge < -0.3 is 6.15 Å². The molecule has 0 aliphatic rings. The van der Waals surface area contributed by atoms with Crippen molar-refractivity contribution in [3.63, 3.8) is 0 Å². The lowest BCUT2D eigenvalue weighted by Crippen LogP contribution is -2.77. The predicted molar refractivity (Wildman–Crippen MR) is 72.6 cm³/mol. The van der Waals surface area contributed by atoms with Crippen molar-refractivity contribution in [2.45, 2.75) is 52.0 Å². The Labute approximate surface area is 184 Å². The van der Waals surface area contributed by atoms with Gasteiger partial charge in [-0.1, -0.05) is 0 Å². The van der Waals surface area contributed by atoms with Crippen LogP contribution in [0.25, 0.3) is 0 Å². The third kappa shape index (κ3) is 4.12. The zero-order valence-corrected chi connectivity index (χ0v) is 17.0. The molecule has 0 aromatic rings. The average Bonchev–Trinajstić information content (AvgIpc) is 2.56. The Kier molecular flexibility index (Phi) is 8.68. The van der Waals surface area contributed by atoms with Crippen molar-refractivity contribution in [2.24, 2.45) is 0 Å². The van der Waals surface area contributed by atoms with Crippen molar-refractivity contribution in [3.8, 4) is 0 Å². The van der Waals surface area contributed by atoms with Gasteiger partial charge in [0.25, 0.3) is 0 Å². The highest BCUT2D eigenvalue weighted by Crippen LogP contribution is 2.65. The summed E-state index contributed by atoms with van der Waals surface area (Å²) in [5, 5.41) is 0. The van der Waals surface area contributed by atoms with Crippen LogP contribution in [0.15, 0.2) is 0 Å². The SMILES string of the molecule is N.O=S(=O)(O)C(F)(C(F)(F)C(F)(F)C(F)(F)C(F)(F)C(F)(F)C(F)(F)C(F)(F)C(F)(F)F)S(=O)(=O)O. The van der Waals surface area contributed by atoms with Gasteiger partial charge in [0.15, 0.2) is 0 Å². The van der Waals surface area contributed by atoms with Crippen molar-refractivity contribution in [2.75, 3.05) is 0 Å². The zero-order valence-electron chi connectivity index (χ0n) is 15.4. The highest BCUT2D eigenvalue weighted by molar-refractivity contribution is 8.05. The molecule has 0 fully saturated rings. The second kappa shape index (κ2) is 8.52. The van der Waals surface area contributed by atoms with Crippen molar-refractivity contribution in [3.05, 3.63) is 0 Å². The molecule has 0 saturated heterocycles. The first kappa shape index (κ1) is 36.7. The van der Waals surface area contributed by atoms with Crippen LogP contribution in [-0.4, -0.2) is 77.9 Å². The number of hydrogen-bond donors (Lipinski definition) is 3. The van der Waals surface area contributed by atoms with Crippen LogP contribution in [0.2, 0.25) is 0 Å². The van der Waals surface area contributed by atoms with Gasteiger partial charge in [-0.3, -0.25) is 9.11 Å². The van der Waals surface area contributed by atoms with Crippen LogP contribution in [0, 0.1) is 0 Å². The van der Waals surface area contributed by atoms with Gasteiger partial charge in [0, 0.05) is 0 Å². The van der Waals surface area contributed by atoms with E-state index >= 15 is 0 Å². The van der Waals surface area contributed by atoms with E-state index in [4.69, 9.17) is 9.11 Å². The van der Waals surface area contributed by atoms with E-state index in [1.54, 1.807) is 0 Å². The molecule has 0 amide bonds. The van der Waals surface area contributed by atoms with Crippen LogP contribution in [0.4, 0.5) is 79.0 Å². The molecule has 7 nitrogen and oxygen atoms in total. The fourth-order valence-electron chi connectivity index (χ4n) is 1.81. The number of rotatable bonds is 9. The Morgan fingerprint density at radius 1 is 0.361 bits per heavy atom. The lowest BCUT2D eigenvalue weighted by molar-refractivity contribution is -0.463. The molecule has 0 radical (unpaired) electrons. The summed E-state index contributed by atoms with van der Waals surface area (Å²) in [5.74, 6) is -63.2.